The summed E-state index contributed by atoms with van der Waals surface area (Å²) < 4.78 is 44.1. The van der Waals surface area contributed by atoms with E-state index in [2.05, 4.69) is 4.98 Å². The Kier molecular flexibility index (Phi) is 4.26. The van der Waals surface area contributed by atoms with E-state index in [1.807, 2.05) is 0 Å². The predicted octanol–water partition coefficient (Wildman–Crippen LogP) is 0.475. The first-order valence-electron chi connectivity index (χ1n) is 6.20. The zero-order valence-electron chi connectivity index (χ0n) is 11.3. The highest BCUT2D eigenvalue weighted by Gasteiger charge is 2.53. The topological polar surface area (TPSA) is 96.8 Å². The lowest BCUT2D eigenvalue weighted by molar-refractivity contribution is -0.150. The lowest BCUT2D eigenvalue weighted by Gasteiger charge is -2.32. The summed E-state index contributed by atoms with van der Waals surface area (Å²) in [5, 5.41) is 9.45. The highest BCUT2D eigenvalue weighted by Crippen LogP contribution is 2.35. The molecular weight excluding hydrogens is 303 g/mol. The monoisotopic (exact) mass is 318 g/mol. The Hall–Kier alpha value is -1.58. The van der Waals surface area contributed by atoms with Gasteiger partial charge < -0.3 is 9.84 Å². The highest BCUT2D eigenvalue weighted by molar-refractivity contribution is 7.89. The molecule has 21 heavy (non-hydrogen) atoms. The lowest BCUT2D eigenvalue weighted by Crippen LogP contribution is -2.55. The average Bonchev–Trinajstić information content (AvgIpc) is 2.85. The van der Waals surface area contributed by atoms with E-state index in [9.17, 15) is 22.7 Å². The van der Waals surface area contributed by atoms with Crippen molar-refractivity contribution >= 4 is 16.0 Å². The van der Waals surface area contributed by atoms with Crippen LogP contribution in [0.1, 0.15) is 12.8 Å². The number of carboxylic acid groups (broad SMARTS) is 1. The van der Waals surface area contributed by atoms with Crippen molar-refractivity contribution in [3.05, 3.63) is 24.3 Å². The van der Waals surface area contributed by atoms with Gasteiger partial charge in [-0.1, -0.05) is 0 Å². The normalized spacial score (nSPS) is 23.3. The Balaban J connectivity index is 2.50. The zero-order chi connectivity index (χ0) is 15.7. The van der Waals surface area contributed by atoms with Crippen molar-refractivity contribution in [1.82, 2.24) is 9.29 Å². The van der Waals surface area contributed by atoms with Crippen molar-refractivity contribution in [2.24, 2.45) is 0 Å². The second kappa shape index (κ2) is 5.66. The van der Waals surface area contributed by atoms with E-state index in [0.29, 0.717) is 6.42 Å². The molecule has 9 heteroatoms. The van der Waals surface area contributed by atoms with Crippen LogP contribution in [-0.2, 0) is 19.6 Å². The molecule has 0 radical (unpaired) electrons. The van der Waals surface area contributed by atoms with Gasteiger partial charge in [0.1, 0.15) is 10.7 Å². The molecule has 1 aliphatic rings. The maximum Gasteiger partial charge on any atom is 0.327 e. The fourth-order valence-corrected chi connectivity index (χ4v) is 4.28. The Labute approximate surface area is 121 Å². The second-order valence-electron chi connectivity index (χ2n) is 4.79. The summed E-state index contributed by atoms with van der Waals surface area (Å²) in [7, 11) is -2.86. The lowest BCUT2D eigenvalue weighted by atomic mass is 9.99. The fourth-order valence-electron chi connectivity index (χ4n) is 2.52. The SMILES string of the molecule is COCC1(C(=O)O)CCCN1S(=O)(=O)c1cncc(F)c1. The molecule has 0 amide bonds. The fraction of sp³-hybridized carbons (Fsp3) is 0.500. The number of carboxylic acids is 1. The van der Waals surface area contributed by atoms with E-state index in [0.717, 1.165) is 22.8 Å². The summed E-state index contributed by atoms with van der Waals surface area (Å²) in [4.78, 5) is 14.7. The Morgan fingerprint density at radius 1 is 1.57 bits per heavy atom. The number of hydrogen-bond acceptors (Lipinski definition) is 5. The molecule has 2 rings (SSSR count). The van der Waals surface area contributed by atoms with E-state index < -0.39 is 27.3 Å². The number of rotatable bonds is 5. The van der Waals surface area contributed by atoms with Crippen LogP contribution in [0.4, 0.5) is 4.39 Å². The van der Waals surface area contributed by atoms with Crippen molar-refractivity contribution in [3.8, 4) is 0 Å². The second-order valence-corrected chi connectivity index (χ2v) is 6.65. The largest absolute Gasteiger partial charge is 0.480 e. The Bertz CT molecular complexity index is 651. The quantitative estimate of drug-likeness (QED) is 0.848. The zero-order valence-corrected chi connectivity index (χ0v) is 12.1. The number of methoxy groups -OCH3 is 1. The molecule has 1 aromatic rings. The van der Waals surface area contributed by atoms with Crippen LogP contribution in [0, 0.1) is 5.82 Å². The summed E-state index contributed by atoms with van der Waals surface area (Å²) in [6.07, 6.45) is 2.40. The average molecular weight is 318 g/mol. The maximum atomic E-state index is 13.2. The summed E-state index contributed by atoms with van der Waals surface area (Å²) in [5.41, 5.74) is -1.67. The summed E-state index contributed by atoms with van der Waals surface area (Å²) >= 11 is 0. The molecule has 1 N–H and O–H groups in total. The van der Waals surface area contributed by atoms with Crippen LogP contribution in [0.5, 0.6) is 0 Å². The Morgan fingerprint density at radius 3 is 2.86 bits per heavy atom. The summed E-state index contributed by atoms with van der Waals surface area (Å²) in [5.74, 6) is -2.09. The molecule has 1 atom stereocenters. The van der Waals surface area contributed by atoms with Gasteiger partial charge in [0.05, 0.1) is 12.8 Å². The number of aromatic nitrogens is 1. The molecule has 0 spiro atoms. The molecule has 1 saturated heterocycles. The number of ether oxygens (including phenoxy) is 1. The molecule has 2 heterocycles. The number of hydrogen-bond donors (Lipinski definition) is 1. The van der Waals surface area contributed by atoms with Gasteiger partial charge in [0.25, 0.3) is 0 Å². The number of pyridine rings is 1. The van der Waals surface area contributed by atoms with Crippen LogP contribution in [0.2, 0.25) is 0 Å². The van der Waals surface area contributed by atoms with Gasteiger partial charge in [-0.05, 0) is 18.9 Å². The van der Waals surface area contributed by atoms with E-state index in [1.165, 1.54) is 7.11 Å². The number of aliphatic carboxylic acids is 1. The van der Waals surface area contributed by atoms with Crippen LogP contribution in [0.25, 0.3) is 0 Å². The third-order valence-corrected chi connectivity index (χ3v) is 5.41. The van der Waals surface area contributed by atoms with Crippen LogP contribution < -0.4 is 0 Å². The maximum absolute atomic E-state index is 13.2. The molecule has 0 aliphatic carbocycles. The smallest absolute Gasteiger partial charge is 0.327 e. The van der Waals surface area contributed by atoms with Crippen molar-refractivity contribution in [2.75, 3.05) is 20.3 Å². The van der Waals surface area contributed by atoms with Gasteiger partial charge in [-0.3, -0.25) is 9.78 Å². The van der Waals surface area contributed by atoms with E-state index in [-0.39, 0.29) is 24.5 Å². The van der Waals surface area contributed by atoms with Gasteiger partial charge in [-0.25, -0.2) is 12.8 Å². The molecule has 1 aromatic heterocycles. The van der Waals surface area contributed by atoms with Crippen LogP contribution in [0.15, 0.2) is 23.4 Å². The van der Waals surface area contributed by atoms with Crippen molar-refractivity contribution in [1.29, 1.82) is 0 Å². The predicted molar refractivity (Wildman–Crippen MR) is 69.6 cm³/mol. The minimum absolute atomic E-state index is 0.0362. The van der Waals surface area contributed by atoms with E-state index >= 15 is 0 Å². The third-order valence-electron chi connectivity index (χ3n) is 3.48. The molecule has 0 saturated carbocycles. The van der Waals surface area contributed by atoms with Gasteiger partial charge in [0.15, 0.2) is 5.54 Å². The molecule has 1 fully saturated rings. The van der Waals surface area contributed by atoms with Crippen LogP contribution >= 0.6 is 0 Å². The summed E-state index contributed by atoms with van der Waals surface area (Å²) in [6, 6.07) is 0.820. The molecule has 7 nitrogen and oxygen atoms in total. The number of sulfonamides is 1. The van der Waals surface area contributed by atoms with E-state index in [1.54, 1.807) is 0 Å². The van der Waals surface area contributed by atoms with Gasteiger partial charge in [0.2, 0.25) is 10.0 Å². The van der Waals surface area contributed by atoms with Gasteiger partial charge >= 0.3 is 5.97 Å². The first-order chi connectivity index (χ1) is 9.84. The standard InChI is InChI=1S/C12H15FN2O5S/c1-20-8-12(11(16)17)3-2-4-15(12)21(18,19)10-5-9(13)6-14-7-10/h5-7H,2-4,8H2,1H3,(H,16,17). The van der Waals surface area contributed by atoms with Gasteiger partial charge in [-0.15, -0.1) is 0 Å². The van der Waals surface area contributed by atoms with Crippen molar-refractivity contribution < 1.29 is 27.4 Å². The molecule has 0 bridgehead atoms. The molecule has 1 unspecified atom stereocenters. The number of halogens is 1. The Morgan fingerprint density at radius 2 is 2.29 bits per heavy atom. The van der Waals surface area contributed by atoms with E-state index in [4.69, 9.17) is 4.74 Å². The third kappa shape index (κ3) is 2.63. The minimum Gasteiger partial charge on any atom is -0.480 e. The number of nitrogens with zero attached hydrogens (tertiary/aromatic N) is 2. The molecule has 116 valence electrons. The van der Waals surface area contributed by atoms with Gasteiger partial charge in [-0.2, -0.15) is 4.31 Å². The molecule has 1 aliphatic heterocycles. The van der Waals surface area contributed by atoms with Crippen molar-refractivity contribution in [2.45, 2.75) is 23.3 Å². The van der Waals surface area contributed by atoms with Crippen LogP contribution in [0.3, 0.4) is 0 Å². The first-order valence-corrected chi connectivity index (χ1v) is 7.64. The summed E-state index contributed by atoms with van der Waals surface area (Å²) in [6.45, 7) is -0.237. The molecular formula is C12H15FN2O5S. The van der Waals surface area contributed by atoms with Crippen molar-refractivity contribution in [3.63, 3.8) is 0 Å². The first kappa shape index (κ1) is 15.8. The van der Waals surface area contributed by atoms with Crippen LogP contribution in [-0.4, -0.2) is 54.6 Å². The molecule has 0 aromatic carbocycles. The van der Waals surface area contributed by atoms with Gasteiger partial charge in [0, 0.05) is 19.9 Å². The minimum atomic E-state index is -4.17. The number of carbonyl (C=O) groups is 1. The highest BCUT2D eigenvalue weighted by atomic mass is 32.2.